The molecule has 0 radical (unpaired) electrons. The number of hydrogen-bond acceptors (Lipinski definition) is 3. The average Bonchev–Trinajstić information content (AvgIpc) is 3.00. The number of hydrogen-bond donors (Lipinski definition) is 1. The van der Waals surface area contributed by atoms with E-state index in [1.165, 1.54) is 22.9 Å². The predicted octanol–water partition coefficient (Wildman–Crippen LogP) is 4.76. The molecular weight excluding hydrogens is 391 g/mol. The molecule has 1 atom stereocenters. The molecule has 0 aliphatic heterocycles. The number of nitrogens with zero attached hydrogens (tertiary/aromatic N) is 3. The molecule has 0 bridgehead atoms. The summed E-state index contributed by atoms with van der Waals surface area (Å²) in [7, 11) is 0. The normalized spacial score (nSPS) is 12.3. The molecule has 29 heavy (non-hydrogen) atoms. The summed E-state index contributed by atoms with van der Waals surface area (Å²) >= 11 is 6.43. The van der Waals surface area contributed by atoms with Crippen LogP contribution in [0.5, 0.6) is 0 Å². The van der Waals surface area contributed by atoms with Crippen LogP contribution in [0.3, 0.4) is 0 Å². The lowest BCUT2D eigenvalue weighted by Crippen LogP contribution is -2.27. The molecule has 3 rings (SSSR count). The Morgan fingerprint density at radius 2 is 1.90 bits per heavy atom. The quantitative estimate of drug-likeness (QED) is 0.488. The number of carbonyl (C=O) groups excluding carboxylic acids is 1. The van der Waals surface area contributed by atoms with Crippen molar-refractivity contribution in [1.82, 2.24) is 15.1 Å². The fraction of sp³-hybridized carbons (Fsp3) is 0.136. The molecule has 1 heterocycles. The summed E-state index contributed by atoms with van der Waals surface area (Å²) < 4.78 is 14.6. The molecule has 0 unspecified atom stereocenters. The van der Waals surface area contributed by atoms with Crippen molar-refractivity contribution in [2.45, 2.75) is 19.9 Å². The van der Waals surface area contributed by atoms with Crippen LogP contribution in [0.1, 0.15) is 29.8 Å². The highest BCUT2D eigenvalue weighted by Crippen LogP contribution is 2.26. The first-order valence-corrected chi connectivity index (χ1v) is 9.27. The monoisotopic (exact) mass is 408 g/mol. The first-order valence-electron chi connectivity index (χ1n) is 8.89. The van der Waals surface area contributed by atoms with Crippen LogP contribution in [0.2, 0.25) is 5.15 Å². The summed E-state index contributed by atoms with van der Waals surface area (Å²) in [5.74, 6) is -0.876. The lowest BCUT2D eigenvalue weighted by atomic mass is 10.1. The number of aromatic nitrogens is 2. The summed E-state index contributed by atoms with van der Waals surface area (Å²) in [6, 6.07) is 16.8. The summed E-state index contributed by atoms with van der Waals surface area (Å²) in [6.07, 6.45) is 1.41. The standard InChI is InChI=1S/C22H18ClFN4O/c1-14(16-6-4-3-5-7-16)26-22(29)17(13-25)12-20-15(2)27-28(21(20)23)19-10-8-18(24)9-11-19/h3-12,14H,1-2H3,(H,26,29)/b17-12+/t14-/m0/s1. The Balaban J connectivity index is 1.88. The van der Waals surface area contributed by atoms with Gasteiger partial charge in [-0.2, -0.15) is 10.4 Å². The first-order chi connectivity index (χ1) is 13.9. The molecule has 7 heteroatoms. The van der Waals surface area contributed by atoms with E-state index in [2.05, 4.69) is 10.4 Å². The average molecular weight is 409 g/mol. The number of nitrogens with one attached hydrogen (secondary N) is 1. The van der Waals surface area contributed by atoms with Gasteiger partial charge in [0.2, 0.25) is 0 Å². The Bertz CT molecular complexity index is 1100. The Hall–Kier alpha value is -3.43. The van der Waals surface area contributed by atoms with Crippen LogP contribution < -0.4 is 5.32 Å². The topological polar surface area (TPSA) is 70.7 Å². The summed E-state index contributed by atoms with van der Waals surface area (Å²) in [5.41, 5.74) is 2.40. The molecule has 1 N–H and O–H groups in total. The van der Waals surface area contributed by atoms with Crippen molar-refractivity contribution in [1.29, 1.82) is 5.26 Å². The van der Waals surface area contributed by atoms with E-state index in [1.807, 2.05) is 43.3 Å². The van der Waals surface area contributed by atoms with Crippen molar-refractivity contribution in [2.75, 3.05) is 0 Å². The highest BCUT2D eigenvalue weighted by Gasteiger charge is 2.18. The molecule has 146 valence electrons. The Labute approximate surface area is 173 Å². The van der Waals surface area contributed by atoms with Gasteiger partial charge in [-0.25, -0.2) is 9.07 Å². The predicted molar refractivity (Wildman–Crippen MR) is 110 cm³/mol. The molecule has 0 saturated heterocycles. The van der Waals surface area contributed by atoms with Gasteiger partial charge in [-0.1, -0.05) is 41.9 Å². The molecule has 0 saturated carbocycles. The van der Waals surface area contributed by atoms with E-state index in [-0.39, 0.29) is 22.6 Å². The molecule has 1 aromatic heterocycles. The van der Waals surface area contributed by atoms with Crippen LogP contribution in [0.15, 0.2) is 60.2 Å². The zero-order valence-electron chi connectivity index (χ0n) is 15.9. The summed E-state index contributed by atoms with van der Waals surface area (Å²) in [5, 5.41) is 16.9. The number of amides is 1. The van der Waals surface area contributed by atoms with E-state index < -0.39 is 5.91 Å². The minimum absolute atomic E-state index is 0.0866. The lowest BCUT2D eigenvalue weighted by Gasteiger charge is -2.13. The van der Waals surface area contributed by atoms with Gasteiger partial charge in [0.25, 0.3) is 5.91 Å². The number of rotatable bonds is 5. The minimum atomic E-state index is -0.506. The van der Waals surface area contributed by atoms with Gasteiger partial charge < -0.3 is 5.32 Å². The van der Waals surface area contributed by atoms with Crippen LogP contribution in [0, 0.1) is 24.1 Å². The molecule has 0 aliphatic carbocycles. The van der Waals surface area contributed by atoms with Gasteiger partial charge in [0.05, 0.1) is 17.4 Å². The third-order valence-corrected chi connectivity index (χ3v) is 4.78. The lowest BCUT2D eigenvalue weighted by molar-refractivity contribution is -0.117. The minimum Gasteiger partial charge on any atom is -0.345 e. The third-order valence-electron chi connectivity index (χ3n) is 4.42. The third kappa shape index (κ3) is 4.53. The second-order valence-electron chi connectivity index (χ2n) is 6.45. The highest BCUT2D eigenvalue weighted by atomic mass is 35.5. The molecule has 0 aliphatic rings. The van der Waals surface area contributed by atoms with Crippen molar-refractivity contribution in [2.24, 2.45) is 0 Å². The van der Waals surface area contributed by atoms with Gasteiger partial charge in [0.15, 0.2) is 0 Å². The van der Waals surface area contributed by atoms with Crippen LogP contribution in [-0.2, 0) is 4.79 Å². The summed E-state index contributed by atoms with van der Waals surface area (Å²) in [4.78, 5) is 12.6. The molecular formula is C22H18ClFN4O. The van der Waals surface area contributed by atoms with E-state index in [9.17, 15) is 14.4 Å². The van der Waals surface area contributed by atoms with Gasteiger partial charge in [0, 0.05) is 5.56 Å². The summed E-state index contributed by atoms with van der Waals surface area (Å²) in [6.45, 7) is 3.56. The number of nitriles is 1. The largest absolute Gasteiger partial charge is 0.345 e. The molecule has 1 amide bonds. The van der Waals surface area contributed by atoms with Gasteiger partial charge >= 0.3 is 0 Å². The molecule has 0 fully saturated rings. The van der Waals surface area contributed by atoms with Crippen LogP contribution in [0.4, 0.5) is 4.39 Å². The van der Waals surface area contributed by atoms with Crippen molar-refractivity contribution in [3.63, 3.8) is 0 Å². The first kappa shape index (κ1) is 20.3. The van der Waals surface area contributed by atoms with E-state index in [4.69, 9.17) is 11.6 Å². The van der Waals surface area contributed by atoms with Gasteiger partial charge in [-0.3, -0.25) is 4.79 Å². The van der Waals surface area contributed by atoms with Gasteiger partial charge in [-0.15, -0.1) is 0 Å². The van der Waals surface area contributed by atoms with Crippen molar-refractivity contribution in [3.8, 4) is 11.8 Å². The number of carbonyl (C=O) groups is 1. The molecule has 3 aromatic rings. The van der Waals surface area contributed by atoms with Crippen LogP contribution in [-0.4, -0.2) is 15.7 Å². The second-order valence-corrected chi connectivity index (χ2v) is 6.81. The molecule has 2 aromatic carbocycles. The van der Waals surface area contributed by atoms with E-state index in [0.29, 0.717) is 16.9 Å². The van der Waals surface area contributed by atoms with Crippen LogP contribution >= 0.6 is 11.6 Å². The SMILES string of the molecule is Cc1nn(-c2ccc(F)cc2)c(Cl)c1/C=C(\C#N)C(=O)N[C@@H](C)c1ccccc1. The zero-order valence-corrected chi connectivity index (χ0v) is 16.6. The second kappa shape index (κ2) is 8.72. The number of benzene rings is 2. The van der Waals surface area contributed by atoms with Gasteiger partial charge in [-0.05, 0) is 49.8 Å². The van der Waals surface area contributed by atoms with Crippen molar-refractivity contribution >= 4 is 23.6 Å². The van der Waals surface area contributed by atoms with Crippen molar-refractivity contribution in [3.05, 3.63) is 88.0 Å². The fourth-order valence-electron chi connectivity index (χ4n) is 2.82. The Kier molecular flexibility index (Phi) is 6.10. The zero-order chi connectivity index (χ0) is 21.0. The van der Waals surface area contributed by atoms with E-state index >= 15 is 0 Å². The maximum Gasteiger partial charge on any atom is 0.262 e. The number of halogens is 2. The smallest absolute Gasteiger partial charge is 0.262 e. The Morgan fingerprint density at radius 3 is 2.52 bits per heavy atom. The molecule has 0 spiro atoms. The van der Waals surface area contributed by atoms with E-state index in [0.717, 1.165) is 5.56 Å². The maximum atomic E-state index is 13.2. The fourth-order valence-corrected chi connectivity index (χ4v) is 3.15. The Morgan fingerprint density at radius 1 is 1.24 bits per heavy atom. The van der Waals surface area contributed by atoms with Gasteiger partial charge in [0.1, 0.15) is 22.6 Å². The maximum absolute atomic E-state index is 13.2. The van der Waals surface area contributed by atoms with Crippen molar-refractivity contribution < 1.29 is 9.18 Å². The number of aryl methyl sites for hydroxylation is 1. The van der Waals surface area contributed by atoms with E-state index in [1.54, 1.807) is 19.1 Å². The highest BCUT2D eigenvalue weighted by molar-refractivity contribution is 6.31. The molecule has 5 nitrogen and oxygen atoms in total. The van der Waals surface area contributed by atoms with Crippen LogP contribution in [0.25, 0.3) is 11.8 Å².